The van der Waals surface area contributed by atoms with Crippen molar-refractivity contribution >= 4 is 32.5 Å². The van der Waals surface area contributed by atoms with Crippen molar-refractivity contribution in [3.05, 3.63) is 100 Å². The van der Waals surface area contributed by atoms with Crippen LogP contribution in [0.25, 0.3) is 10.9 Å². The number of para-hydroxylation sites is 1. The maximum absolute atomic E-state index is 13.4. The Morgan fingerprint density at radius 2 is 1.97 bits per heavy atom. The summed E-state index contributed by atoms with van der Waals surface area (Å²) in [6.07, 6.45) is 5.49. The van der Waals surface area contributed by atoms with Crippen molar-refractivity contribution in [3.8, 4) is 0 Å². The Morgan fingerprint density at radius 1 is 1.12 bits per heavy atom. The third-order valence-corrected chi connectivity index (χ3v) is 7.56. The Morgan fingerprint density at radius 3 is 2.79 bits per heavy atom. The third-order valence-electron chi connectivity index (χ3n) is 5.75. The number of hydrogen-bond donors (Lipinski definition) is 2. The second-order valence-electron chi connectivity index (χ2n) is 7.79. The van der Waals surface area contributed by atoms with Crippen LogP contribution in [0.5, 0.6) is 0 Å². The minimum Gasteiger partial charge on any atom is -0.360 e. The molecule has 1 aliphatic heterocycles. The fourth-order valence-electron chi connectivity index (χ4n) is 4.03. The summed E-state index contributed by atoms with van der Waals surface area (Å²) in [5, 5.41) is 2.86. The van der Waals surface area contributed by atoms with E-state index in [0.717, 1.165) is 11.1 Å². The highest BCUT2D eigenvalue weighted by Gasteiger charge is 2.31. The van der Waals surface area contributed by atoms with Crippen molar-refractivity contribution in [3.63, 3.8) is 0 Å². The topological polar surface area (TPSA) is 113 Å². The number of benzene rings is 2. The van der Waals surface area contributed by atoms with Crippen LogP contribution < -0.4 is 20.0 Å². The number of amides is 1. The lowest BCUT2D eigenvalue weighted by Crippen LogP contribution is -2.30. The van der Waals surface area contributed by atoms with Crippen LogP contribution in [0.3, 0.4) is 0 Å². The molecule has 166 valence electrons. The number of anilines is 1. The van der Waals surface area contributed by atoms with Gasteiger partial charge in [-0.15, -0.1) is 0 Å². The largest absolute Gasteiger partial charge is 0.360 e. The molecule has 2 aromatic carbocycles. The summed E-state index contributed by atoms with van der Waals surface area (Å²) in [5.41, 5.74) is 2.31. The molecule has 0 atom stereocenters. The van der Waals surface area contributed by atoms with Crippen LogP contribution in [0, 0.1) is 0 Å². The lowest BCUT2D eigenvalue weighted by molar-refractivity contribution is -0.378. The minimum absolute atomic E-state index is 0.00887. The van der Waals surface area contributed by atoms with Crippen molar-refractivity contribution in [2.24, 2.45) is 0 Å². The van der Waals surface area contributed by atoms with Gasteiger partial charge in [0.25, 0.3) is 15.9 Å². The van der Waals surface area contributed by atoms with E-state index in [0.29, 0.717) is 24.2 Å². The summed E-state index contributed by atoms with van der Waals surface area (Å²) < 4.78 is 28.1. The van der Waals surface area contributed by atoms with Gasteiger partial charge < -0.3 is 10.3 Å². The van der Waals surface area contributed by atoms with Crippen LogP contribution in [0.1, 0.15) is 21.5 Å². The Bertz CT molecular complexity index is 1530. The molecule has 0 spiro atoms. The molecule has 0 aliphatic carbocycles. The number of H-pyrrole nitrogens is 2. The van der Waals surface area contributed by atoms with E-state index in [1.165, 1.54) is 22.6 Å². The SMILES string of the molecule is O=C(NCc1ccc[nH+]c1)c1c[nH]c2ccc(S(=O)(=O)N3CCc4ccccc43)cc2c1=O. The average molecular weight is 462 g/mol. The van der Waals surface area contributed by atoms with Crippen molar-refractivity contribution in [1.82, 2.24) is 10.3 Å². The van der Waals surface area contributed by atoms with Gasteiger partial charge in [-0.05, 0) is 42.3 Å². The van der Waals surface area contributed by atoms with Gasteiger partial charge in [0, 0.05) is 41.8 Å². The number of fused-ring (bicyclic) bond motifs is 2. The van der Waals surface area contributed by atoms with Crippen LogP contribution in [-0.4, -0.2) is 25.9 Å². The number of aromatic amines is 2. The third kappa shape index (κ3) is 3.76. The number of carbonyl (C=O) groups excluding carboxylic acids is 1. The zero-order valence-electron chi connectivity index (χ0n) is 17.5. The molecule has 0 radical (unpaired) electrons. The molecule has 0 fully saturated rings. The van der Waals surface area contributed by atoms with Gasteiger partial charge in [0.15, 0.2) is 12.4 Å². The van der Waals surface area contributed by atoms with E-state index in [1.807, 2.05) is 24.3 Å². The normalized spacial score (nSPS) is 13.2. The molecule has 3 N–H and O–H groups in total. The predicted octanol–water partition coefficient (Wildman–Crippen LogP) is 2.02. The van der Waals surface area contributed by atoms with Crippen molar-refractivity contribution < 1.29 is 18.2 Å². The van der Waals surface area contributed by atoms with Gasteiger partial charge in [-0.3, -0.25) is 13.9 Å². The second-order valence-corrected chi connectivity index (χ2v) is 9.65. The molecule has 1 amide bonds. The summed E-state index contributed by atoms with van der Waals surface area (Å²) in [6, 6.07) is 15.4. The van der Waals surface area contributed by atoms with Crippen molar-refractivity contribution in [1.29, 1.82) is 0 Å². The Balaban J connectivity index is 1.48. The van der Waals surface area contributed by atoms with Crippen molar-refractivity contribution in [2.75, 3.05) is 10.8 Å². The molecular weight excluding hydrogens is 440 g/mol. The maximum Gasteiger partial charge on any atom is 0.264 e. The number of nitrogens with one attached hydrogen (secondary N) is 3. The minimum atomic E-state index is -3.86. The molecule has 4 aromatic rings. The molecule has 5 rings (SSSR count). The van der Waals surface area contributed by atoms with Gasteiger partial charge in [0.1, 0.15) is 5.56 Å². The van der Waals surface area contributed by atoms with Gasteiger partial charge in [0.2, 0.25) is 5.43 Å². The Hall–Kier alpha value is -3.98. The first-order valence-corrected chi connectivity index (χ1v) is 11.9. The van der Waals surface area contributed by atoms with Crippen LogP contribution >= 0.6 is 0 Å². The molecule has 0 saturated heterocycles. The van der Waals surface area contributed by atoms with E-state index in [9.17, 15) is 18.0 Å². The number of pyridine rings is 2. The first-order valence-electron chi connectivity index (χ1n) is 10.4. The standard InChI is InChI=1S/C24H20N4O4S/c29-23-19-12-18(33(31,32)28-11-9-17-5-1-2-6-22(17)28)7-8-21(19)26-15-20(23)24(30)27-14-16-4-3-10-25-13-16/h1-8,10,12-13,15H,9,11,14H2,(H,26,29)(H,27,30)/p+1. The van der Waals surface area contributed by atoms with Crippen LogP contribution in [-0.2, 0) is 23.0 Å². The molecule has 8 nitrogen and oxygen atoms in total. The van der Waals surface area contributed by atoms with E-state index in [2.05, 4.69) is 15.3 Å². The van der Waals surface area contributed by atoms with Gasteiger partial charge in [-0.25, -0.2) is 13.4 Å². The monoisotopic (exact) mass is 461 g/mol. The summed E-state index contributed by atoms with van der Waals surface area (Å²) in [4.78, 5) is 31.6. The van der Waals surface area contributed by atoms with Crippen LogP contribution in [0.15, 0.2) is 82.9 Å². The number of carbonyl (C=O) groups is 1. The summed E-state index contributed by atoms with van der Waals surface area (Å²) >= 11 is 0. The van der Waals surface area contributed by atoms with Gasteiger partial charge in [-0.2, -0.15) is 0 Å². The summed E-state index contributed by atoms with van der Waals surface area (Å²) in [5.74, 6) is -0.538. The fourth-order valence-corrected chi connectivity index (χ4v) is 5.56. The number of rotatable bonds is 5. The molecule has 2 aromatic heterocycles. The molecule has 33 heavy (non-hydrogen) atoms. The van der Waals surface area contributed by atoms with Crippen LogP contribution in [0.4, 0.5) is 5.69 Å². The van der Waals surface area contributed by atoms with Gasteiger partial charge >= 0.3 is 0 Å². The molecule has 0 saturated carbocycles. The van der Waals surface area contributed by atoms with E-state index >= 15 is 0 Å². The second kappa shape index (κ2) is 8.18. The van der Waals surface area contributed by atoms with E-state index < -0.39 is 21.4 Å². The number of hydrogen-bond acceptors (Lipinski definition) is 4. The maximum atomic E-state index is 13.4. The molecule has 1 aliphatic rings. The lowest BCUT2D eigenvalue weighted by Gasteiger charge is -2.19. The van der Waals surface area contributed by atoms with E-state index in [4.69, 9.17) is 0 Å². The highest BCUT2D eigenvalue weighted by Crippen LogP contribution is 2.33. The highest BCUT2D eigenvalue weighted by atomic mass is 32.2. The van der Waals surface area contributed by atoms with Gasteiger partial charge in [-0.1, -0.05) is 18.2 Å². The first kappa shape index (κ1) is 20.9. The van der Waals surface area contributed by atoms with Gasteiger partial charge in [0.05, 0.1) is 10.6 Å². The van der Waals surface area contributed by atoms with Crippen LogP contribution in [0.2, 0.25) is 0 Å². The molecule has 3 heterocycles. The number of sulfonamides is 1. The Labute approximate surface area is 190 Å². The van der Waals surface area contributed by atoms with Crippen molar-refractivity contribution in [2.45, 2.75) is 17.9 Å². The molecule has 9 heteroatoms. The first-order chi connectivity index (χ1) is 15.9. The molecule has 0 bridgehead atoms. The summed E-state index contributed by atoms with van der Waals surface area (Å²) in [7, 11) is -3.86. The smallest absolute Gasteiger partial charge is 0.264 e. The Kier molecular flexibility index (Phi) is 5.18. The van der Waals surface area contributed by atoms with E-state index in [1.54, 1.807) is 30.6 Å². The molecular formula is C24H21N4O4S+. The number of nitrogens with zero attached hydrogens (tertiary/aromatic N) is 1. The zero-order valence-corrected chi connectivity index (χ0v) is 18.4. The fraction of sp³-hybridized carbons (Fsp3) is 0.125. The average Bonchev–Trinajstić information content (AvgIpc) is 3.28. The summed E-state index contributed by atoms with van der Waals surface area (Å²) in [6.45, 7) is 0.589. The number of aromatic nitrogens is 2. The zero-order chi connectivity index (χ0) is 23.0. The lowest BCUT2D eigenvalue weighted by atomic mass is 10.1. The quantitative estimate of drug-likeness (QED) is 0.473. The highest BCUT2D eigenvalue weighted by molar-refractivity contribution is 7.92. The van der Waals surface area contributed by atoms with E-state index in [-0.39, 0.29) is 22.4 Å². The predicted molar refractivity (Wildman–Crippen MR) is 123 cm³/mol. The molecule has 0 unspecified atom stereocenters.